The van der Waals surface area contributed by atoms with Gasteiger partial charge >= 0.3 is 6.61 Å². The normalized spacial score (nSPS) is 12.7. The van der Waals surface area contributed by atoms with Gasteiger partial charge in [0.05, 0.1) is 10.9 Å². The zero-order valence-corrected chi connectivity index (χ0v) is 11.0. The molecule has 1 unspecified atom stereocenters. The molecule has 0 amide bonds. The molecule has 0 N–H and O–H groups in total. The lowest BCUT2D eigenvalue weighted by Crippen LogP contribution is -2.02. The molecule has 0 fully saturated rings. The molecule has 2 aromatic rings. The van der Waals surface area contributed by atoms with E-state index in [1.54, 1.807) is 24.4 Å². The Hall–Kier alpha value is -1.20. The second kappa shape index (κ2) is 5.63. The van der Waals surface area contributed by atoms with E-state index in [4.69, 9.17) is 11.6 Å². The molecular formula is C12H10ClF2NOS. The van der Waals surface area contributed by atoms with Crippen LogP contribution in [0, 0.1) is 0 Å². The first-order valence-corrected chi connectivity index (χ1v) is 6.47. The van der Waals surface area contributed by atoms with Gasteiger partial charge in [0.2, 0.25) is 0 Å². The van der Waals surface area contributed by atoms with E-state index >= 15 is 0 Å². The number of para-hydroxylation sites is 1. The lowest BCUT2D eigenvalue weighted by molar-refractivity contribution is -0.0494. The lowest BCUT2D eigenvalue weighted by Gasteiger charge is -2.08. The average molecular weight is 290 g/mol. The van der Waals surface area contributed by atoms with Crippen molar-refractivity contribution in [3.05, 3.63) is 35.3 Å². The Balaban J connectivity index is 2.36. The minimum absolute atomic E-state index is 0.121. The third kappa shape index (κ3) is 2.97. The van der Waals surface area contributed by atoms with Gasteiger partial charge in [-0.05, 0) is 19.1 Å². The minimum atomic E-state index is -2.85. The van der Waals surface area contributed by atoms with E-state index in [0.717, 1.165) is 4.88 Å². The van der Waals surface area contributed by atoms with E-state index < -0.39 is 6.61 Å². The monoisotopic (exact) mass is 289 g/mol. The van der Waals surface area contributed by atoms with Gasteiger partial charge in [-0.15, -0.1) is 22.9 Å². The fraction of sp³-hybridized carbons (Fsp3) is 0.250. The summed E-state index contributed by atoms with van der Waals surface area (Å²) in [4.78, 5) is 5.07. The molecule has 96 valence electrons. The van der Waals surface area contributed by atoms with Crippen LogP contribution in [0.25, 0.3) is 10.6 Å². The van der Waals surface area contributed by atoms with E-state index in [1.165, 1.54) is 17.4 Å². The molecular weight excluding hydrogens is 280 g/mol. The molecule has 18 heavy (non-hydrogen) atoms. The van der Waals surface area contributed by atoms with Crippen LogP contribution in [-0.4, -0.2) is 11.6 Å². The first-order chi connectivity index (χ1) is 8.58. The maximum atomic E-state index is 12.3. The van der Waals surface area contributed by atoms with Crippen LogP contribution in [0.4, 0.5) is 8.78 Å². The standard InChI is InChI=1S/C12H10ClF2NOS/c1-7(13)10-6-16-11(18-10)8-4-2-3-5-9(8)17-12(14)15/h2-7,12H,1H3. The number of thiazole rings is 1. The van der Waals surface area contributed by atoms with Gasteiger partial charge in [0.25, 0.3) is 0 Å². The highest BCUT2D eigenvalue weighted by Gasteiger charge is 2.14. The van der Waals surface area contributed by atoms with Crippen LogP contribution >= 0.6 is 22.9 Å². The van der Waals surface area contributed by atoms with Gasteiger partial charge in [-0.2, -0.15) is 8.78 Å². The van der Waals surface area contributed by atoms with E-state index in [-0.39, 0.29) is 11.1 Å². The zero-order valence-electron chi connectivity index (χ0n) is 9.44. The molecule has 0 saturated carbocycles. The minimum Gasteiger partial charge on any atom is -0.434 e. The van der Waals surface area contributed by atoms with Crippen LogP contribution in [0.15, 0.2) is 30.5 Å². The zero-order chi connectivity index (χ0) is 13.1. The summed E-state index contributed by atoms with van der Waals surface area (Å²) in [7, 11) is 0. The second-order valence-electron chi connectivity index (χ2n) is 3.56. The number of aromatic nitrogens is 1. The van der Waals surface area contributed by atoms with Crippen LogP contribution in [0.1, 0.15) is 17.2 Å². The summed E-state index contributed by atoms with van der Waals surface area (Å²) < 4.78 is 29.0. The maximum Gasteiger partial charge on any atom is 0.387 e. The molecule has 1 heterocycles. The molecule has 1 aromatic carbocycles. The number of halogens is 3. The van der Waals surface area contributed by atoms with Gasteiger partial charge < -0.3 is 4.74 Å². The maximum absolute atomic E-state index is 12.3. The number of ether oxygens (including phenoxy) is 1. The Labute approximate surface area is 112 Å². The Bertz CT molecular complexity index is 530. The van der Waals surface area contributed by atoms with Gasteiger partial charge in [0.15, 0.2) is 0 Å². The molecule has 1 atom stereocenters. The van der Waals surface area contributed by atoms with Crippen molar-refractivity contribution in [2.45, 2.75) is 18.9 Å². The van der Waals surface area contributed by atoms with Crippen LogP contribution in [0.5, 0.6) is 5.75 Å². The smallest absolute Gasteiger partial charge is 0.387 e. The van der Waals surface area contributed by atoms with Crippen molar-refractivity contribution in [3.8, 4) is 16.3 Å². The third-order valence-electron chi connectivity index (χ3n) is 2.25. The van der Waals surface area contributed by atoms with Crippen molar-refractivity contribution in [1.82, 2.24) is 4.98 Å². The largest absolute Gasteiger partial charge is 0.434 e. The molecule has 1 aromatic heterocycles. The van der Waals surface area contributed by atoms with E-state index in [9.17, 15) is 8.78 Å². The van der Waals surface area contributed by atoms with Gasteiger partial charge in [0, 0.05) is 11.1 Å². The highest BCUT2D eigenvalue weighted by atomic mass is 35.5. The van der Waals surface area contributed by atoms with Gasteiger partial charge in [-0.25, -0.2) is 4.98 Å². The fourth-order valence-corrected chi connectivity index (χ4v) is 2.50. The Kier molecular flexibility index (Phi) is 4.14. The summed E-state index contributed by atoms with van der Waals surface area (Å²) in [6, 6.07) is 6.57. The Morgan fingerprint density at radius 3 is 2.67 bits per heavy atom. The third-order valence-corrected chi connectivity index (χ3v) is 3.83. The summed E-state index contributed by atoms with van der Waals surface area (Å²) in [6.45, 7) is -1.02. The highest BCUT2D eigenvalue weighted by Crippen LogP contribution is 2.36. The Morgan fingerprint density at radius 2 is 2.06 bits per heavy atom. The molecule has 6 heteroatoms. The van der Waals surface area contributed by atoms with E-state index in [1.807, 2.05) is 6.92 Å². The predicted molar refractivity (Wildman–Crippen MR) is 68.5 cm³/mol. The summed E-state index contributed by atoms with van der Waals surface area (Å²) in [5.74, 6) is 0.121. The molecule has 0 aliphatic rings. The van der Waals surface area contributed by atoms with Crippen LogP contribution in [-0.2, 0) is 0 Å². The molecule has 0 radical (unpaired) electrons. The summed E-state index contributed by atoms with van der Waals surface area (Å²) in [5, 5.41) is 0.466. The van der Waals surface area contributed by atoms with Crippen LogP contribution in [0.2, 0.25) is 0 Å². The predicted octanol–water partition coefficient (Wildman–Crippen LogP) is 4.71. The number of hydrogen-bond acceptors (Lipinski definition) is 3. The number of alkyl halides is 3. The SMILES string of the molecule is CC(Cl)c1cnc(-c2ccccc2OC(F)F)s1. The number of nitrogens with zero attached hydrogens (tertiary/aromatic N) is 1. The van der Waals surface area contributed by atoms with Crippen molar-refractivity contribution in [2.24, 2.45) is 0 Å². The van der Waals surface area contributed by atoms with Gasteiger partial charge in [-0.3, -0.25) is 0 Å². The quantitative estimate of drug-likeness (QED) is 0.760. The number of benzene rings is 1. The molecule has 0 aliphatic heterocycles. The number of rotatable bonds is 4. The van der Waals surface area contributed by atoms with Crippen LogP contribution in [0.3, 0.4) is 0 Å². The van der Waals surface area contributed by atoms with E-state index in [2.05, 4.69) is 9.72 Å². The first kappa shape index (κ1) is 13.2. The summed E-state index contributed by atoms with van der Waals surface area (Å²) in [5.41, 5.74) is 0.548. The summed E-state index contributed by atoms with van der Waals surface area (Å²) >= 11 is 7.31. The fourth-order valence-electron chi connectivity index (χ4n) is 1.44. The topological polar surface area (TPSA) is 22.1 Å². The first-order valence-electron chi connectivity index (χ1n) is 5.22. The van der Waals surface area contributed by atoms with Crippen molar-refractivity contribution >= 4 is 22.9 Å². The van der Waals surface area contributed by atoms with Gasteiger partial charge in [0.1, 0.15) is 10.8 Å². The molecule has 0 saturated heterocycles. The van der Waals surface area contributed by atoms with Crippen molar-refractivity contribution < 1.29 is 13.5 Å². The molecule has 2 nitrogen and oxygen atoms in total. The Morgan fingerprint density at radius 1 is 1.33 bits per heavy atom. The lowest BCUT2D eigenvalue weighted by atomic mass is 10.2. The molecule has 0 bridgehead atoms. The van der Waals surface area contributed by atoms with Crippen molar-refractivity contribution in [1.29, 1.82) is 0 Å². The van der Waals surface area contributed by atoms with Crippen LogP contribution < -0.4 is 4.74 Å². The van der Waals surface area contributed by atoms with Crippen molar-refractivity contribution in [2.75, 3.05) is 0 Å². The summed E-state index contributed by atoms with van der Waals surface area (Å²) in [6.07, 6.45) is 1.65. The molecule has 0 aliphatic carbocycles. The second-order valence-corrected chi connectivity index (χ2v) is 5.28. The number of hydrogen-bond donors (Lipinski definition) is 0. The molecule has 0 spiro atoms. The average Bonchev–Trinajstić information content (AvgIpc) is 2.78. The molecule has 2 rings (SSSR count). The highest BCUT2D eigenvalue weighted by molar-refractivity contribution is 7.15. The van der Waals surface area contributed by atoms with Crippen molar-refractivity contribution in [3.63, 3.8) is 0 Å². The van der Waals surface area contributed by atoms with E-state index in [0.29, 0.717) is 10.6 Å². The van der Waals surface area contributed by atoms with Gasteiger partial charge in [-0.1, -0.05) is 12.1 Å².